The summed E-state index contributed by atoms with van der Waals surface area (Å²) in [5.74, 6) is -2.51. The van der Waals surface area contributed by atoms with Crippen LogP contribution in [0.15, 0.2) is 30.3 Å². The predicted molar refractivity (Wildman–Crippen MR) is 88.6 cm³/mol. The third-order valence-corrected chi connectivity index (χ3v) is 2.82. The highest BCUT2D eigenvalue weighted by Gasteiger charge is 2.25. The Kier molecular flexibility index (Phi) is 10.3. The van der Waals surface area contributed by atoms with Gasteiger partial charge in [0, 0.05) is 6.42 Å². The van der Waals surface area contributed by atoms with E-state index in [1.807, 2.05) is 18.2 Å². The van der Waals surface area contributed by atoms with Gasteiger partial charge >= 0.3 is 19.8 Å². The summed E-state index contributed by atoms with van der Waals surface area (Å²) in [7, 11) is -3.43. The zero-order valence-electron chi connectivity index (χ0n) is 13.8. The fourth-order valence-electron chi connectivity index (χ4n) is 1.74. The summed E-state index contributed by atoms with van der Waals surface area (Å²) in [6.07, 6.45) is -0.274. The molecule has 0 fully saturated rings. The molecular weight excluding hydrogens is 371 g/mol. The normalized spacial score (nSPS) is 12.8. The van der Waals surface area contributed by atoms with Crippen LogP contribution in [0.5, 0.6) is 0 Å². The maximum absolute atomic E-state index is 11.8. The summed E-state index contributed by atoms with van der Waals surface area (Å²) in [4.78, 5) is 55.6. The number of carboxylic acids is 1. The maximum Gasteiger partial charge on any atom is 0.466 e. The number of phosphoric acid groups is 1. The molecule has 0 saturated heterocycles. The van der Waals surface area contributed by atoms with Crippen molar-refractivity contribution < 1.29 is 43.5 Å². The Balaban J connectivity index is 0.00000110. The highest BCUT2D eigenvalue weighted by atomic mass is 31.2. The van der Waals surface area contributed by atoms with Gasteiger partial charge in [-0.2, -0.15) is 0 Å². The van der Waals surface area contributed by atoms with Crippen LogP contribution in [-0.4, -0.2) is 56.8 Å². The molecule has 26 heavy (non-hydrogen) atoms. The SMILES string of the molecule is COC(=O)[C@H](Cc1ccccc1)NC(=O)[C@@H](N)CC(=O)O.O=P(O)(O)O. The molecule has 2 atom stereocenters. The molecule has 0 aliphatic rings. The summed E-state index contributed by atoms with van der Waals surface area (Å²) in [5.41, 5.74) is 6.29. The molecule has 0 heterocycles. The quantitative estimate of drug-likeness (QED) is 0.241. The number of carbonyl (C=O) groups is 3. The fourth-order valence-corrected chi connectivity index (χ4v) is 1.74. The highest BCUT2D eigenvalue weighted by Crippen LogP contribution is 2.25. The minimum Gasteiger partial charge on any atom is -0.481 e. The van der Waals surface area contributed by atoms with E-state index in [2.05, 4.69) is 10.1 Å². The van der Waals surface area contributed by atoms with Crippen molar-refractivity contribution in [3.05, 3.63) is 35.9 Å². The third kappa shape index (κ3) is 12.1. The number of carboxylic acid groups (broad SMARTS) is 1. The first-order valence-electron chi connectivity index (χ1n) is 7.11. The van der Waals surface area contributed by atoms with E-state index in [0.717, 1.165) is 5.56 Å². The first-order chi connectivity index (χ1) is 11.9. The average molecular weight is 392 g/mol. The Morgan fingerprint density at radius 2 is 1.69 bits per heavy atom. The molecule has 0 aromatic heterocycles. The van der Waals surface area contributed by atoms with Crippen molar-refractivity contribution in [1.29, 1.82) is 0 Å². The van der Waals surface area contributed by atoms with Crippen molar-refractivity contribution in [3.8, 4) is 0 Å². The van der Waals surface area contributed by atoms with E-state index in [0.29, 0.717) is 0 Å². The van der Waals surface area contributed by atoms with Crippen molar-refractivity contribution >= 4 is 25.7 Å². The van der Waals surface area contributed by atoms with Gasteiger partial charge in [0.25, 0.3) is 0 Å². The molecule has 146 valence electrons. The molecule has 7 N–H and O–H groups in total. The van der Waals surface area contributed by atoms with Crippen molar-refractivity contribution in [3.63, 3.8) is 0 Å². The van der Waals surface area contributed by atoms with Crippen LogP contribution < -0.4 is 11.1 Å². The molecule has 11 nitrogen and oxygen atoms in total. The number of amides is 1. The monoisotopic (exact) mass is 392 g/mol. The summed E-state index contributed by atoms with van der Waals surface area (Å²) in [6.45, 7) is 0. The lowest BCUT2D eigenvalue weighted by Gasteiger charge is -2.18. The first-order valence-corrected chi connectivity index (χ1v) is 8.68. The maximum atomic E-state index is 11.8. The van der Waals surface area contributed by atoms with Crippen LogP contribution in [0, 0.1) is 0 Å². The van der Waals surface area contributed by atoms with E-state index >= 15 is 0 Å². The van der Waals surface area contributed by atoms with Crippen LogP contribution in [0.25, 0.3) is 0 Å². The summed E-state index contributed by atoms with van der Waals surface area (Å²) in [5, 5.41) is 11.0. The van der Waals surface area contributed by atoms with E-state index in [-0.39, 0.29) is 6.42 Å². The van der Waals surface area contributed by atoms with Crippen LogP contribution in [0.4, 0.5) is 0 Å². The van der Waals surface area contributed by atoms with E-state index < -0.39 is 44.2 Å². The van der Waals surface area contributed by atoms with Crippen LogP contribution in [0.1, 0.15) is 12.0 Å². The molecule has 1 amide bonds. The Morgan fingerprint density at radius 3 is 2.12 bits per heavy atom. The highest BCUT2D eigenvalue weighted by molar-refractivity contribution is 7.45. The zero-order valence-corrected chi connectivity index (χ0v) is 14.7. The number of ether oxygens (including phenoxy) is 1. The predicted octanol–water partition coefficient (Wildman–Crippen LogP) is -1.24. The molecule has 1 rings (SSSR count). The van der Waals surface area contributed by atoms with Crippen LogP contribution in [0.2, 0.25) is 0 Å². The average Bonchev–Trinajstić information content (AvgIpc) is 2.52. The van der Waals surface area contributed by atoms with Gasteiger partial charge in [0.2, 0.25) is 5.91 Å². The molecule has 0 unspecified atom stereocenters. The lowest BCUT2D eigenvalue weighted by atomic mass is 10.1. The number of hydrogen-bond donors (Lipinski definition) is 6. The number of aliphatic carboxylic acids is 1. The number of esters is 1. The second-order valence-electron chi connectivity index (χ2n) is 4.99. The number of hydrogen-bond acceptors (Lipinski definition) is 6. The van der Waals surface area contributed by atoms with Crippen LogP contribution >= 0.6 is 7.82 Å². The number of benzene rings is 1. The molecule has 0 aliphatic heterocycles. The molecule has 0 spiro atoms. The molecule has 0 radical (unpaired) electrons. The second kappa shape index (κ2) is 11.3. The molecule has 12 heteroatoms. The van der Waals surface area contributed by atoms with E-state index in [1.54, 1.807) is 12.1 Å². The Labute approximate surface area is 149 Å². The molecule has 0 saturated carbocycles. The van der Waals surface area contributed by atoms with Crippen molar-refractivity contribution in [2.45, 2.75) is 24.9 Å². The van der Waals surface area contributed by atoms with E-state index in [1.165, 1.54) is 7.11 Å². The summed E-state index contributed by atoms with van der Waals surface area (Å²) < 4.78 is 13.5. The van der Waals surface area contributed by atoms with Gasteiger partial charge in [0.05, 0.1) is 19.6 Å². The third-order valence-electron chi connectivity index (χ3n) is 2.82. The largest absolute Gasteiger partial charge is 0.481 e. The number of nitrogens with two attached hydrogens (primary N) is 1. The molecule has 1 aromatic carbocycles. The van der Waals surface area contributed by atoms with Gasteiger partial charge in [-0.3, -0.25) is 9.59 Å². The van der Waals surface area contributed by atoms with Gasteiger partial charge in [-0.15, -0.1) is 0 Å². The Morgan fingerprint density at radius 1 is 1.19 bits per heavy atom. The van der Waals surface area contributed by atoms with Gasteiger partial charge in [-0.25, -0.2) is 9.36 Å². The smallest absolute Gasteiger partial charge is 0.466 e. The molecule has 0 aliphatic carbocycles. The zero-order chi connectivity index (χ0) is 20.3. The summed E-state index contributed by atoms with van der Waals surface area (Å²) in [6, 6.07) is 6.93. The minimum absolute atomic E-state index is 0.235. The van der Waals surface area contributed by atoms with Crippen molar-refractivity contribution in [2.24, 2.45) is 5.73 Å². The second-order valence-corrected chi connectivity index (χ2v) is 6.02. The van der Waals surface area contributed by atoms with E-state index in [9.17, 15) is 14.4 Å². The van der Waals surface area contributed by atoms with Gasteiger partial charge < -0.3 is 35.6 Å². The minimum atomic E-state index is -4.64. The number of methoxy groups -OCH3 is 1. The molecular formula is C14H21N2O9P. The summed E-state index contributed by atoms with van der Waals surface area (Å²) >= 11 is 0. The van der Waals surface area contributed by atoms with Gasteiger partial charge in [-0.1, -0.05) is 30.3 Å². The molecule has 0 bridgehead atoms. The number of rotatable bonds is 7. The Hall–Kier alpha value is -2.30. The van der Waals surface area contributed by atoms with Crippen LogP contribution in [0.3, 0.4) is 0 Å². The van der Waals surface area contributed by atoms with Gasteiger partial charge in [0.1, 0.15) is 6.04 Å². The topological polar surface area (TPSA) is 196 Å². The molecule has 1 aromatic rings. The lowest BCUT2D eigenvalue weighted by Crippen LogP contribution is -2.50. The van der Waals surface area contributed by atoms with E-state index in [4.69, 9.17) is 30.1 Å². The number of carbonyl (C=O) groups excluding carboxylic acids is 2. The standard InChI is InChI=1S/C14H18N2O5.H3O4P/c1-21-14(20)11(7-9-5-3-2-4-6-9)16-13(19)10(15)8-12(17)18;1-5(2,3)4/h2-6,10-11H,7-8,15H2,1H3,(H,16,19)(H,17,18);(H3,1,2,3,4)/t10-,11-;/m0./s1. The number of nitrogens with one attached hydrogen (secondary N) is 1. The van der Waals surface area contributed by atoms with Crippen molar-refractivity contribution in [1.82, 2.24) is 5.32 Å². The fraction of sp³-hybridized carbons (Fsp3) is 0.357. The Bertz CT molecular complexity index is 639. The van der Waals surface area contributed by atoms with Gasteiger partial charge in [-0.05, 0) is 5.56 Å². The van der Waals surface area contributed by atoms with Crippen LogP contribution in [-0.2, 0) is 30.1 Å². The first kappa shape index (κ1) is 23.7. The van der Waals surface area contributed by atoms with Crippen molar-refractivity contribution in [2.75, 3.05) is 7.11 Å². The lowest BCUT2D eigenvalue weighted by molar-refractivity contribution is -0.145. The van der Waals surface area contributed by atoms with Gasteiger partial charge in [0.15, 0.2) is 0 Å².